The third-order valence-corrected chi connectivity index (χ3v) is 1.27. The van der Waals surface area contributed by atoms with Gasteiger partial charge in [-0.2, -0.15) is 0 Å². The van der Waals surface area contributed by atoms with Gasteiger partial charge in [0.05, 0.1) is 0 Å². The highest BCUT2D eigenvalue weighted by Gasteiger charge is 1.81. The van der Waals surface area contributed by atoms with Crippen LogP contribution in [-0.2, 0) is 0 Å². The maximum absolute atomic E-state index is 8.16. The summed E-state index contributed by atoms with van der Waals surface area (Å²) in [4.78, 5) is 0. The van der Waals surface area contributed by atoms with Crippen molar-refractivity contribution in [2.75, 3.05) is 0 Å². The lowest BCUT2D eigenvalue weighted by Gasteiger charge is -1.85. The summed E-state index contributed by atoms with van der Waals surface area (Å²) < 4.78 is 0. The second-order valence-electron chi connectivity index (χ2n) is 2.60. The van der Waals surface area contributed by atoms with Crippen LogP contribution in [0.5, 0.6) is 0 Å². The Balaban J connectivity index is 0.000000249. The Morgan fingerprint density at radius 1 is 1.00 bits per heavy atom. The van der Waals surface area contributed by atoms with Crippen LogP contribution in [0.15, 0.2) is 36.4 Å². The van der Waals surface area contributed by atoms with E-state index in [2.05, 4.69) is 11.8 Å². The summed E-state index contributed by atoms with van der Waals surface area (Å²) in [6.45, 7) is 1.98. The highest BCUT2D eigenvalue weighted by Crippen LogP contribution is 1.81. The van der Waals surface area contributed by atoms with E-state index in [4.69, 9.17) is 10.2 Å². The number of rotatable bonds is 1. The van der Waals surface area contributed by atoms with Crippen molar-refractivity contribution in [3.05, 3.63) is 36.4 Å². The van der Waals surface area contributed by atoms with Gasteiger partial charge in [-0.25, -0.2) is 0 Å². The molecular weight excluding hydrogens is 176 g/mol. The van der Waals surface area contributed by atoms with Crippen LogP contribution in [0.25, 0.3) is 0 Å². The first-order valence-corrected chi connectivity index (χ1v) is 4.62. The van der Waals surface area contributed by atoms with Crippen LogP contribution in [0, 0.1) is 11.8 Å². The highest BCUT2D eigenvalue weighted by atomic mass is 16.5. The number of hydrogen-bond acceptors (Lipinski definition) is 2. The van der Waals surface area contributed by atoms with Gasteiger partial charge in [0, 0.05) is 6.42 Å². The molecule has 0 bridgehead atoms. The summed E-state index contributed by atoms with van der Waals surface area (Å²) in [7, 11) is 0. The number of hydrogen-bond donors (Lipinski definition) is 2. The molecule has 14 heavy (non-hydrogen) atoms. The summed E-state index contributed by atoms with van der Waals surface area (Å²) in [5, 5.41) is 16.3. The van der Waals surface area contributed by atoms with E-state index in [0.29, 0.717) is 0 Å². The molecule has 0 aliphatic rings. The van der Waals surface area contributed by atoms with E-state index in [9.17, 15) is 0 Å². The molecule has 1 rings (SSSR count). The van der Waals surface area contributed by atoms with Gasteiger partial charge in [0.2, 0.25) is 6.29 Å². The van der Waals surface area contributed by atoms with E-state index < -0.39 is 6.29 Å². The Kier molecular flexibility index (Phi) is 8.88. The summed E-state index contributed by atoms with van der Waals surface area (Å²) in [6, 6.07) is 12.0. The minimum Gasteiger partial charge on any atom is -0.358 e. The largest absolute Gasteiger partial charge is 0.358 e. The van der Waals surface area contributed by atoms with Crippen molar-refractivity contribution >= 4 is 0 Å². The molecule has 0 atom stereocenters. The molecule has 2 N–H and O–H groups in total. The van der Waals surface area contributed by atoms with Crippen LogP contribution in [0.3, 0.4) is 0 Å². The molecular formula is C12H16O2. The Hall–Kier alpha value is -1.30. The van der Waals surface area contributed by atoms with Gasteiger partial charge in [0.25, 0.3) is 0 Å². The van der Waals surface area contributed by atoms with E-state index in [1.165, 1.54) is 0 Å². The molecule has 0 amide bonds. The first-order chi connectivity index (χ1) is 6.77. The van der Waals surface area contributed by atoms with E-state index in [1.54, 1.807) is 0 Å². The Labute approximate surface area is 85.2 Å². The van der Waals surface area contributed by atoms with Gasteiger partial charge in [0.1, 0.15) is 0 Å². The predicted octanol–water partition coefficient (Wildman–Crippen LogP) is 1.79. The lowest BCUT2D eigenvalue weighted by Crippen LogP contribution is -1.97. The fraction of sp³-hybridized carbons (Fsp3) is 0.333. The number of aliphatic hydroxyl groups is 2. The first kappa shape index (κ1) is 12.7. The maximum Gasteiger partial charge on any atom is 0.217 e. The average Bonchev–Trinajstić information content (AvgIpc) is 2.21. The smallest absolute Gasteiger partial charge is 0.217 e. The van der Waals surface area contributed by atoms with Gasteiger partial charge < -0.3 is 10.2 Å². The van der Waals surface area contributed by atoms with E-state index in [-0.39, 0.29) is 0 Å². The molecule has 0 saturated heterocycles. The Morgan fingerprint density at radius 2 is 1.43 bits per heavy atom. The molecule has 0 spiro atoms. The SMILES string of the molecule is CCCC#CC(O)O.c1ccccc1. The van der Waals surface area contributed by atoms with Gasteiger partial charge >= 0.3 is 0 Å². The first-order valence-electron chi connectivity index (χ1n) is 4.62. The topological polar surface area (TPSA) is 40.5 Å². The van der Waals surface area contributed by atoms with Crippen molar-refractivity contribution in [3.63, 3.8) is 0 Å². The van der Waals surface area contributed by atoms with Crippen LogP contribution in [-0.4, -0.2) is 16.5 Å². The predicted molar refractivity (Wildman–Crippen MR) is 57.4 cm³/mol. The molecule has 1 aromatic carbocycles. The molecule has 0 saturated carbocycles. The Bertz CT molecular complexity index is 230. The molecule has 0 aliphatic carbocycles. The number of benzene rings is 1. The molecule has 2 nitrogen and oxygen atoms in total. The molecule has 0 unspecified atom stereocenters. The van der Waals surface area contributed by atoms with Crippen molar-refractivity contribution in [3.8, 4) is 11.8 Å². The van der Waals surface area contributed by atoms with E-state index in [0.717, 1.165) is 12.8 Å². The fourth-order valence-electron chi connectivity index (χ4n) is 0.673. The third-order valence-electron chi connectivity index (χ3n) is 1.27. The molecule has 0 aliphatic heterocycles. The van der Waals surface area contributed by atoms with E-state index in [1.807, 2.05) is 43.3 Å². The van der Waals surface area contributed by atoms with Gasteiger partial charge in [-0.05, 0) is 12.3 Å². The monoisotopic (exact) mass is 192 g/mol. The van der Waals surface area contributed by atoms with Crippen LogP contribution >= 0.6 is 0 Å². The van der Waals surface area contributed by atoms with Crippen LogP contribution in [0.2, 0.25) is 0 Å². The van der Waals surface area contributed by atoms with Crippen molar-refractivity contribution in [1.29, 1.82) is 0 Å². The van der Waals surface area contributed by atoms with Gasteiger partial charge in [0.15, 0.2) is 0 Å². The second kappa shape index (κ2) is 9.79. The quantitative estimate of drug-likeness (QED) is 0.526. The lowest BCUT2D eigenvalue weighted by atomic mass is 10.3. The number of unbranched alkanes of at least 4 members (excludes halogenated alkanes) is 1. The second-order valence-corrected chi connectivity index (χ2v) is 2.60. The zero-order chi connectivity index (χ0) is 10.6. The molecule has 0 fully saturated rings. The minimum absolute atomic E-state index is 0.734. The molecule has 2 heteroatoms. The van der Waals surface area contributed by atoms with Crippen LogP contribution < -0.4 is 0 Å². The molecule has 0 radical (unpaired) electrons. The summed E-state index contributed by atoms with van der Waals surface area (Å²) in [5.74, 6) is 4.79. The third kappa shape index (κ3) is 10.7. The molecule has 1 aromatic rings. The van der Waals surface area contributed by atoms with E-state index >= 15 is 0 Å². The Morgan fingerprint density at radius 3 is 1.71 bits per heavy atom. The fourth-order valence-corrected chi connectivity index (χ4v) is 0.673. The highest BCUT2D eigenvalue weighted by molar-refractivity contribution is 5.00. The standard InChI is InChI=1S/C6H10O2.C6H6/c1-2-3-4-5-6(7)8;1-2-4-6-5-3-1/h6-8H,2-3H2,1H3;1-6H. The molecule has 0 aromatic heterocycles. The minimum atomic E-state index is -1.46. The normalized spacial score (nSPS) is 8.29. The summed E-state index contributed by atoms with van der Waals surface area (Å²) >= 11 is 0. The molecule has 0 heterocycles. The lowest BCUT2D eigenvalue weighted by molar-refractivity contribution is 0.0107. The zero-order valence-corrected chi connectivity index (χ0v) is 8.35. The number of aliphatic hydroxyl groups excluding tert-OH is 1. The van der Waals surface area contributed by atoms with Crippen molar-refractivity contribution in [2.24, 2.45) is 0 Å². The summed E-state index contributed by atoms with van der Waals surface area (Å²) in [6.07, 6.45) is 0.235. The van der Waals surface area contributed by atoms with Crippen LogP contribution in [0.1, 0.15) is 19.8 Å². The van der Waals surface area contributed by atoms with Crippen molar-refractivity contribution in [1.82, 2.24) is 0 Å². The zero-order valence-electron chi connectivity index (χ0n) is 8.35. The van der Waals surface area contributed by atoms with Gasteiger partial charge in [-0.1, -0.05) is 49.2 Å². The molecule has 76 valence electrons. The van der Waals surface area contributed by atoms with Gasteiger partial charge in [-0.15, -0.1) is 0 Å². The van der Waals surface area contributed by atoms with Crippen LogP contribution in [0.4, 0.5) is 0 Å². The average molecular weight is 192 g/mol. The van der Waals surface area contributed by atoms with Crippen molar-refractivity contribution in [2.45, 2.75) is 26.1 Å². The van der Waals surface area contributed by atoms with Gasteiger partial charge in [-0.3, -0.25) is 0 Å². The summed E-state index contributed by atoms with van der Waals surface area (Å²) in [5.41, 5.74) is 0. The maximum atomic E-state index is 8.16. The van der Waals surface area contributed by atoms with Crippen molar-refractivity contribution < 1.29 is 10.2 Å².